The topological polar surface area (TPSA) is 87.2 Å². The van der Waals surface area contributed by atoms with Gasteiger partial charge in [0.2, 0.25) is 0 Å². The zero-order valence-electron chi connectivity index (χ0n) is 13.0. The predicted molar refractivity (Wildman–Crippen MR) is 79.1 cm³/mol. The molecule has 1 aliphatic rings. The van der Waals surface area contributed by atoms with Crippen molar-refractivity contribution < 1.29 is 23.1 Å². The Labute approximate surface area is 127 Å². The Hall–Kier alpha value is -0.700. The molecule has 8 heteroatoms. The molecule has 124 valence electrons. The molecule has 1 heterocycles. The monoisotopic (exact) mass is 322 g/mol. The number of carbonyl (C=O) groups is 1. The number of methoxy groups -OCH3 is 1. The van der Waals surface area contributed by atoms with Gasteiger partial charge in [0.1, 0.15) is 0 Å². The minimum absolute atomic E-state index is 0.0548. The average molecular weight is 322 g/mol. The molecule has 1 unspecified atom stereocenters. The van der Waals surface area contributed by atoms with Crippen LogP contribution in [0.25, 0.3) is 0 Å². The highest BCUT2D eigenvalue weighted by molar-refractivity contribution is 7.86. The van der Waals surface area contributed by atoms with Crippen LogP contribution in [0.5, 0.6) is 0 Å². The zero-order chi connectivity index (χ0) is 16.0. The van der Waals surface area contributed by atoms with Crippen molar-refractivity contribution in [1.82, 2.24) is 8.61 Å². The third-order valence-corrected chi connectivity index (χ3v) is 5.47. The Balaban J connectivity index is 2.85. The minimum atomic E-state index is -3.63. The van der Waals surface area contributed by atoms with Crippen molar-refractivity contribution in [2.75, 3.05) is 39.9 Å². The van der Waals surface area contributed by atoms with E-state index in [1.807, 2.05) is 13.8 Å². The van der Waals surface area contributed by atoms with E-state index in [4.69, 9.17) is 9.84 Å². The van der Waals surface area contributed by atoms with Gasteiger partial charge >= 0.3 is 5.97 Å². The van der Waals surface area contributed by atoms with Gasteiger partial charge in [-0.3, -0.25) is 4.79 Å². The molecule has 1 N–H and O–H groups in total. The summed E-state index contributed by atoms with van der Waals surface area (Å²) in [5, 5.41) is 9.09. The fourth-order valence-corrected chi connectivity index (χ4v) is 4.26. The van der Waals surface area contributed by atoms with Crippen LogP contribution in [-0.4, -0.2) is 68.0 Å². The lowest BCUT2D eigenvalue weighted by Gasteiger charge is -2.34. The third-order valence-electron chi connectivity index (χ3n) is 3.50. The van der Waals surface area contributed by atoms with Crippen LogP contribution in [0.3, 0.4) is 0 Å². The predicted octanol–water partition coefficient (Wildman–Crippen LogP) is 0.632. The van der Waals surface area contributed by atoms with Crippen molar-refractivity contribution in [2.45, 2.75) is 26.7 Å². The first-order valence-electron chi connectivity index (χ1n) is 7.26. The molecule has 21 heavy (non-hydrogen) atoms. The molecule has 0 aromatic carbocycles. The molecule has 1 fully saturated rings. The van der Waals surface area contributed by atoms with Crippen molar-refractivity contribution in [1.29, 1.82) is 0 Å². The van der Waals surface area contributed by atoms with Gasteiger partial charge in [0, 0.05) is 33.3 Å². The van der Waals surface area contributed by atoms with E-state index in [9.17, 15) is 13.2 Å². The molecule has 0 amide bonds. The highest BCUT2D eigenvalue weighted by Gasteiger charge is 2.35. The lowest BCUT2D eigenvalue weighted by Crippen LogP contribution is -2.50. The van der Waals surface area contributed by atoms with Crippen molar-refractivity contribution in [3.05, 3.63) is 0 Å². The second-order valence-corrected chi connectivity index (χ2v) is 7.72. The van der Waals surface area contributed by atoms with Gasteiger partial charge in [-0.05, 0) is 18.8 Å². The van der Waals surface area contributed by atoms with E-state index in [0.29, 0.717) is 32.5 Å². The quantitative estimate of drug-likeness (QED) is 0.708. The highest BCUT2D eigenvalue weighted by Crippen LogP contribution is 2.22. The SMILES string of the molecule is COCCN(CC(C)C)S(=O)(=O)N1CCCC(C(=O)O)C1. The van der Waals surface area contributed by atoms with E-state index in [1.54, 1.807) is 0 Å². The highest BCUT2D eigenvalue weighted by atomic mass is 32.2. The number of hydrogen-bond acceptors (Lipinski definition) is 4. The number of ether oxygens (including phenoxy) is 1. The van der Waals surface area contributed by atoms with Gasteiger partial charge in [-0.25, -0.2) is 0 Å². The molecule has 0 aromatic heterocycles. The summed E-state index contributed by atoms with van der Waals surface area (Å²) in [4.78, 5) is 11.1. The van der Waals surface area contributed by atoms with Crippen LogP contribution in [0.1, 0.15) is 26.7 Å². The number of rotatable bonds is 8. The number of aliphatic carboxylic acids is 1. The summed E-state index contributed by atoms with van der Waals surface area (Å²) in [5.74, 6) is -1.35. The van der Waals surface area contributed by atoms with Gasteiger partial charge in [-0.1, -0.05) is 13.8 Å². The Morgan fingerprint density at radius 1 is 1.48 bits per heavy atom. The molecule has 0 spiro atoms. The van der Waals surface area contributed by atoms with E-state index in [1.165, 1.54) is 15.7 Å². The average Bonchev–Trinajstić information content (AvgIpc) is 2.43. The van der Waals surface area contributed by atoms with Gasteiger partial charge in [-0.2, -0.15) is 17.0 Å². The molecular weight excluding hydrogens is 296 g/mol. The van der Waals surface area contributed by atoms with Gasteiger partial charge in [-0.15, -0.1) is 0 Å². The second-order valence-electron chi connectivity index (χ2n) is 5.79. The molecule has 1 saturated heterocycles. The minimum Gasteiger partial charge on any atom is -0.481 e. The Morgan fingerprint density at radius 3 is 2.67 bits per heavy atom. The summed E-state index contributed by atoms with van der Waals surface area (Å²) in [7, 11) is -2.11. The fraction of sp³-hybridized carbons (Fsp3) is 0.923. The van der Waals surface area contributed by atoms with Crippen LogP contribution in [0, 0.1) is 11.8 Å². The number of nitrogens with zero attached hydrogens (tertiary/aromatic N) is 2. The van der Waals surface area contributed by atoms with Crippen LogP contribution in [0.15, 0.2) is 0 Å². The van der Waals surface area contributed by atoms with Crippen molar-refractivity contribution >= 4 is 16.2 Å². The maximum absolute atomic E-state index is 12.7. The summed E-state index contributed by atoms with van der Waals surface area (Å²) in [6.45, 7) is 5.34. The summed E-state index contributed by atoms with van der Waals surface area (Å²) in [6.07, 6.45) is 1.11. The number of carboxylic acids is 1. The smallest absolute Gasteiger partial charge is 0.307 e. The largest absolute Gasteiger partial charge is 0.481 e. The lowest BCUT2D eigenvalue weighted by atomic mass is 10.0. The maximum atomic E-state index is 12.7. The molecule has 0 aromatic rings. The molecule has 0 bridgehead atoms. The van der Waals surface area contributed by atoms with E-state index < -0.39 is 22.1 Å². The first kappa shape index (κ1) is 18.3. The number of hydrogen-bond donors (Lipinski definition) is 1. The van der Waals surface area contributed by atoms with E-state index in [0.717, 1.165) is 0 Å². The van der Waals surface area contributed by atoms with Gasteiger partial charge in [0.25, 0.3) is 10.2 Å². The summed E-state index contributed by atoms with van der Waals surface area (Å²) in [5.41, 5.74) is 0. The first-order chi connectivity index (χ1) is 9.78. The van der Waals surface area contributed by atoms with E-state index in [2.05, 4.69) is 0 Å². The Kier molecular flexibility index (Phi) is 7.05. The maximum Gasteiger partial charge on any atom is 0.307 e. The lowest BCUT2D eigenvalue weighted by molar-refractivity contribution is -0.142. The summed E-state index contributed by atoms with van der Waals surface area (Å²) in [6, 6.07) is 0. The summed E-state index contributed by atoms with van der Waals surface area (Å²) < 4.78 is 33.1. The third kappa shape index (κ3) is 5.21. The number of carboxylic acid groups (broad SMARTS) is 1. The Morgan fingerprint density at radius 2 is 2.14 bits per heavy atom. The fourth-order valence-electron chi connectivity index (χ4n) is 2.42. The first-order valence-corrected chi connectivity index (χ1v) is 8.65. The molecular formula is C13H26N2O5S. The molecule has 1 rings (SSSR count). The van der Waals surface area contributed by atoms with Gasteiger partial charge < -0.3 is 9.84 Å². The van der Waals surface area contributed by atoms with Gasteiger partial charge in [0.05, 0.1) is 12.5 Å². The van der Waals surface area contributed by atoms with Crippen molar-refractivity contribution in [3.8, 4) is 0 Å². The van der Waals surface area contributed by atoms with Crippen molar-refractivity contribution in [3.63, 3.8) is 0 Å². The van der Waals surface area contributed by atoms with Crippen LogP contribution in [0.2, 0.25) is 0 Å². The molecule has 0 radical (unpaired) electrons. The number of piperidine rings is 1. The van der Waals surface area contributed by atoms with E-state index >= 15 is 0 Å². The molecule has 0 aliphatic carbocycles. The van der Waals surface area contributed by atoms with Crippen LogP contribution in [-0.2, 0) is 19.7 Å². The van der Waals surface area contributed by atoms with Crippen LogP contribution in [0.4, 0.5) is 0 Å². The van der Waals surface area contributed by atoms with Crippen LogP contribution < -0.4 is 0 Å². The standard InChI is InChI=1S/C13H26N2O5S/c1-11(2)9-15(7-8-20-3)21(18,19)14-6-4-5-12(10-14)13(16)17/h11-12H,4-10H2,1-3H3,(H,16,17). The zero-order valence-corrected chi connectivity index (χ0v) is 13.8. The summed E-state index contributed by atoms with van der Waals surface area (Å²) >= 11 is 0. The van der Waals surface area contributed by atoms with Crippen molar-refractivity contribution in [2.24, 2.45) is 11.8 Å². The molecule has 0 saturated carbocycles. The normalized spacial score (nSPS) is 21.1. The molecule has 7 nitrogen and oxygen atoms in total. The Bertz CT molecular complexity index is 438. The molecule has 1 atom stereocenters. The second kappa shape index (κ2) is 8.07. The van der Waals surface area contributed by atoms with E-state index in [-0.39, 0.29) is 19.0 Å². The molecule has 1 aliphatic heterocycles. The van der Waals surface area contributed by atoms with Crippen LogP contribution >= 0.6 is 0 Å². The van der Waals surface area contributed by atoms with Gasteiger partial charge in [0.15, 0.2) is 0 Å².